The van der Waals surface area contributed by atoms with E-state index in [1.54, 1.807) is 29.5 Å². The number of rotatable bonds is 8. The average Bonchev–Trinajstić information content (AvgIpc) is 3.31. The lowest BCUT2D eigenvalue weighted by Crippen LogP contribution is -2.27. The number of aromatic amines is 1. The zero-order valence-electron chi connectivity index (χ0n) is 13.8. The highest BCUT2D eigenvalue weighted by atomic mass is 32.2. The molecule has 5 nitrogen and oxygen atoms in total. The molecule has 3 aromatic rings. The van der Waals surface area contributed by atoms with Crippen molar-refractivity contribution >= 4 is 41.2 Å². The van der Waals surface area contributed by atoms with Crippen molar-refractivity contribution in [3.63, 3.8) is 0 Å². The van der Waals surface area contributed by atoms with Crippen molar-refractivity contribution in [1.29, 1.82) is 0 Å². The molecular weight excluding hydrogens is 371 g/mol. The summed E-state index contributed by atoms with van der Waals surface area (Å²) in [5.74, 6) is 0.535. The second kappa shape index (κ2) is 9.30. The van der Waals surface area contributed by atoms with Crippen LogP contribution >= 0.6 is 23.1 Å². The summed E-state index contributed by atoms with van der Waals surface area (Å²) in [4.78, 5) is 17.4. The maximum Gasteiger partial charge on any atom is 0.230 e. The quantitative estimate of drug-likeness (QED) is 0.578. The van der Waals surface area contributed by atoms with Crippen LogP contribution < -0.4 is 5.32 Å². The van der Waals surface area contributed by atoms with Crippen molar-refractivity contribution in [3.8, 4) is 0 Å². The molecule has 0 aliphatic heterocycles. The van der Waals surface area contributed by atoms with E-state index in [-0.39, 0.29) is 17.5 Å². The van der Waals surface area contributed by atoms with Gasteiger partial charge in [0.1, 0.15) is 11.6 Å². The number of nitrogens with one attached hydrogen (secondary N) is 2. The minimum absolute atomic E-state index is 0.0419. The van der Waals surface area contributed by atoms with Crippen LogP contribution in [-0.2, 0) is 11.2 Å². The Morgan fingerprint density at radius 2 is 2.12 bits per heavy atom. The van der Waals surface area contributed by atoms with Crippen LogP contribution in [0.5, 0.6) is 0 Å². The van der Waals surface area contributed by atoms with Crippen molar-refractivity contribution in [3.05, 3.63) is 63.9 Å². The Morgan fingerprint density at radius 1 is 1.27 bits per heavy atom. The number of halogens is 1. The molecule has 26 heavy (non-hydrogen) atoms. The van der Waals surface area contributed by atoms with Crippen molar-refractivity contribution in [2.45, 2.75) is 11.6 Å². The molecule has 8 heteroatoms. The Morgan fingerprint density at radius 3 is 2.88 bits per heavy atom. The molecule has 0 bridgehead atoms. The van der Waals surface area contributed by atoms with Gasteiger partial charge in [0.15, 0.2) is 0 Å². The van der Waals surface area contributed by atoms with Gasteiger partial charge in [-0.2, -0.15) is 0 Å². The third-order valence-electron chi connectivity index (χ3n) is 3.39. The summed E-state index contributed by atoms with van der Waals surface area (Å²) in [5.41, 5.74) is 0.863. The van der Waals surface area contributed by atoms with Gasteiger partial charge in [-0.1, -0.05) is 36.0 Å². The SMILES string of the molecule is O=C(CSc1n[nH]c(/C=C/c2ccc(F)cc2)n1)NCCc1cccs1. The van der Waals surface area contributed by atoms with Gasteiger partial charge in [-0.15, -0.1) is 16.4 Å². The highest BCUT2D eigenvalue weighted by Crippen LogP contribution is 2.13. The summed E-state index contributed by atoms with van der Waals surface area (Å²) >= 11 is 2.96. The average molecular weight is 388 g/mol. The number of carbonyl (C=O) groups is 1. The maximum atomic E-state index is 12.9. The molecule has 1 aromatic carbocycles. The van der Waals surface area contributed by atoms with Crippen LogP contribution in [0.15, 0.2) is 46.9 Å². The van der Waals surface area contributed by atoms with E-state index in [2.05, 4.69) is 26.6 Å². The van der Waals surface area contributed by atoms with Crippen molar-refractivity contribution < 1.29 is 9.18 Å². The number of nitrogens with zero attached hydrogens (tertiary/aromatic N) is 2. The molecule has 2 N–H and O–H groups in total. The van der Waals surface area contributed by atoms with E-state index in [0.717, 1.165) is 12.0 Å². The highest BCUT2D eigenvalue weighted by Gasteiger charge is 2.06. The first-order chi connectivity index (χ1) is 12.7. The molecule has 0 radical (unpaired) electrons. The van der Waals surface area contributed by atoms with Gasteiger partial charge >= 0.3 is 0 Å². The van der Waals surface area contributed by atoms with Crippen molar-refractivity contribution in [2.75, 3.05) is 12.3 Å². The molecule has 0 spiro atoms. The van der Waals surface area contributed by atoms with Gasteiger partial charge < -0.3 is 5.32 Å². The van der Waals surface area contributed by atoms with Gasteiger partial charge in [0.05, 0.1) is 5.75 Å². The van der Waals surface area contributed by atoms with Gasteiger partial charge in [-0.25, -0.2) is 9.37 Å². The monoisotopic (exact) mass is 388 g/mol. The van der Waals surface area contributed by atoms with E-state index in [0.29, 0.717) is 17.5 Å². The molecule has 0 saturated carbocycles. The van der Waals surface area contributed by atoms with Crippen molar-refractivity contribution in [2.24, 2.45) is 0 Å². The molecule has 1 amide bonds. The zero-order valence-corrected chi connectivity index (χ0v) is 15.4. The molecule has 0 atom stereocenters. The summed E-state index contributed by atoms with van der Waals surface area (Å²) in [6.07, 6.45) is 4.41. The number of thioether (sulfide) groups is 1. The van der Waals surface area contributed by atoms with E-state index in [9.17, 15) is 9.18 Å². The fourth-order valence-corrected chi connectivity index (χ4v) is 3.45. The molecule has 2 aromatic heterocycles. The second-order valence-electron chi connectivity index (χ2n) is 5.36. The summed E-state index contributed by atoms with van der Waals surface area (Å²) in [5, 5.41) is 12.3. The van der Waals surface area contributed by atoms with E-state index in [1.165, 1.54) is 28.8 Å². The van der Waals surface area contributed by atoms with Crippen molar-refractivity contribution in [1.82, 2.24) is 20.5 Å². The third-order valence-corrected chi connectivity index (χ3v) is 5.18. The number of carbonyl (C=O) groups excluding carboxylic acids is 1. The number of aromatic nitrogens is 3. The number of hydrogen-bond acceptors (Lipinski definition) is 5. The third kappa shape index (κ3) is 5.82. The molecule has 0 unspecified atom stereocenters. The summed E-state index contributed by atoms with van der Waals surface area (Å²) < 4.78 is 12.9. The lowest BCUT2D eigenvalue weighted by atomic mass is 10.2. The number of benzene rings is 1. The Labute approximate surface area is 158 Å². The van der Waals surface area contributed by atoms with E-state index >= 15 is 0 Å². The standard InChI is InChI=1S/C18H17FN4OS2/c19-14-6-3-13(4-7-14)5-8-16-21-18(23-22-16)26-12-17(24)20-10-9-15-2-1-11-25-15/h1-8,11H,9-10,12H2,(H,20,24)(H,21,22,23)/b8-5+. The predicted molar refractivity (Wildman–Crippen MR) is 103 cm³/mol. The maximum absolute atomic E-state index is 12.9. The Balaban J connectivity index is 1.41. The summed E-state index contributed by atoms with van der Waals surface area (Å²) in [6, 6.07) is 10.2. The van der Waals surface area contributed by atoms with Gasteiger partial charge in [-0.3, -0.25) is 9.89 Å². The van der Waals surface area contributed by atoms with Crippen LogP contribution in [0.3, 0.4) is 0 Å². The first-order valence-electron chi connectivity index (χ1n) is 7.97. The van der Waals surface area contributed by atoms with Gasteiger partial charge in [0, 0.05) is 11.4 Å². The molecule has 3 rings (SSSR count). The zero-order chi connectivity index (χ0) is 18.2. The number of H-pyrrole nitrogens is 1. The van der Waals surface area contributed by atoms with Crippen LogP contribution in [0.1, 0.15) is 16.3 Å². The Hall–Kier alpha value is -2.45. The van der Waals surface area contributed by atoms with Crippen LogP contribution in [-0.4, -0.2) is 33.4 Å². The predicted octanol–water partition coefficient (Wildman–Crippen LogP) is 3.63. The fourth-order valence-electron chi connectivity index (χ4n) is 2.11. The highest BCUT2D eigenvalue weighted by molar-refractivity contribution is 7.99. The van der Waals surface area contributed by atoms with E-state index in [1.807, 2.05) is 17.5 Å². The van der Waals surface area contributed by atoms with Crippen LogP contribution in [0.25, 0.3) is 12.2 Å². The molecule has 2 heterocycles. The van der Waals surface area contributed by atoms with Crippen LogP contribution in [0, 0.1) is 5.82 Å². The summed E-state index contributed by atoms with van der Waals surface area (Å²) in [6.45, 7) is 0.625. The summed E-state index contributed by atoms with van der Waals surface area (Å²) in [7, 11) is 0. The topological polar surface area (TPSA) is 70.7 Å². The minimum Gasteiger partial charge on any atom is -0.355 e. The van der Waals surface area contributed by atoms with Gasteiger partial charge in [0.25, 0.3) is 0 Å². The largest absolute Gasteiger partial charge is 0.355 e. The van der Waals surface area contributed by atoms with E-state index < -0.39 is 0 Å². The molecule has 0 aliphatic rings. The van der Waals surface area contributed by atoms with Gasteiger partial charge in [-0.05, 0) is 41.6 Å². The Kier molecular flexibility index (Phi) is 6.56. The molecule has 0 saturated heterocycles. The molecule has 0 fully saturated rings. The van der Waals surface area contributed by atoms with E-state index in [4.69, 9.17) is 0 Å². The second-order valence-corrected chi connectivity index (χ2v) is 7.33. The number of thiophene rings is 1. The van der Waals surface area contributed by atoms with Crippen LogP contribution in [0.4, 0.5) is 4.39 Å². The lowest BCUT2D eigenvalue weighted by Gasteiger charge is -2.02. The molecule has 0 aliphatic carbocycles. The minimum atomic E-state index is -0.269. The van der Waals surface area contributed by atoms with Crippen LogP contribution in [0.2, 0.25) is 0 Å². The molecular formula is C18H17FN4OS2. The normalized spacial score (nSPS) is 11.1. The first kappa shape index (κ1) is 18.3. The first-order valence-corrected chi connectivity index (χ1v) is 9.83. The fraction of sp³-hybridized carbons (Fsp3) is 0.167. The molecule has 134 valence electrons. The number of amides is 1. The number of hydrogen-bond donors (Lipinski definition) is 2. The lowest BCUT2D eigenvalue weighted by molar-refractivity contribution is -0.118. The Bertz CT molecular complexity index is 860. The smallest absolute Gasteiger partial charge is 0.230 e. The van der Waals surface area contributed by atoms with Gasteiger partial charge in [0.2, 0.25) is 11.1 Å².